The molecule has 426 valence electrons. The average molecular weight is 1030 g/mol. The van der Waals surface area contributed by atoms with E-state index in [0.29, 0.717) is 19.3 Å². The Kier molecular flexibility index (Phi) is 59.3. The first-order valence-electron chi connectivity index (χ1n) is 31.6. The number of ether oxygens (including phenoxy) is 3. The van der Waals surface area contributed by atoms with Crippen molar-refractivity contribution in [2.45, 2.75) is 316 Å². The fourth-order valence-electron chi connectivity index (χ4n) is 8.94. The van der Waals surface area contributed by atoms with E-state index in [4.69, 9.17) is 14.2 Å². The summed E-state index contributed by atoms with van der Waals surface area (Å²) in [5.74, 6) is -0.978. The highest BCUT2D eigenvalue weighted by molar-refractivity contribution is 5.71. The second-order valence-corrected chi connectivity index (χ2v) is 20.9. The molecule has 0 aliphatic heterocycles. The third-order valence-electron chi connectivity index (χ3n) is 13.6. The number of unbranched alkanes of at least 4 members (excludes halogenated alkanes) is 32. The van der Waals surface area contributed by atoms with Crippen molar-refractivity contribution in [3.8, 4) is 0 Å². The second-order valence-electron chi connectivity index (χ2n) is 20.9. The molecule has 0 saturated heterocycles. The van der Waals surface area contributed by atoms with Gasteiger partial charge in [0.05, 0.1) is 0 Å². The molecule has 6 heteroatoms. The highest BCUT2D eigenvalue weighted by Gasteiger charge is 2.19. The Bertz CT molecular complexity index is 1420. The van der Waals surface area contributed by atoms with Gasteiger partial charge >= 0.3 is 17.9 Å². The van der Waals surface area contributed by atoms with Gasteiger partial charge in [0, 0.05) is 19.3 Å². The van der Waals surface area contributed by atoms with Crippen LogP contribution in [0.2, 0.25) is 0 Å². The normalized spacial score (nSPS) is 12.6. The van der Waals surface area contributed by atoms with Gasteiger partial charge in [0.25, 0.3) is 0 Å². The van der Waals surface area contributed by atoms with Crippen LogP contribution in [0.25, 0.3) is 0 Å². The fourth-order valence-corrected chi connectivity index (χ4v) is 8.94. The van der Waals surface area contributed by atoms with E-state index < -0.39 is 6.10 Å². The summed E-state index contributed by atoms with van der Waals surface area (Å²) in [6.07, 6.45) is 81.7. The Morgan fingerprint density at radius 2 is 0.554 bits per heavy atom. The fraction of sp³-hybridized carbons (Fsp3) is 0.750. The van der Waals surface area contributed by atoms with Crippen molar-refractivity contribution in [3.05, 3.63) is 85.1 Å². The third kappa shape index (κ3) is 59.5. The van der Waals surface area contributed by atoms with Crippen LogP contribution in [0.5, 0.6) is 0 Å². The summed E-state index contributed by atoms with van der Waals surface area (Å²) in [6, 6.07) is 0. The molecular formula is C68H118O6. The van der Waals surface area contributed by atoms with Crippen molar-refractivity contribution < 1.29 is 28.6 Å². The smallest absolute Gasteiger partial charge is 0.306 e. The zero-order chi connectivity index (χ0) is 53.6. The van der Waals surface area contributed by atoms with Gasteiger partial charge in [-0.3, -0.25) is 14.4 Å². The Morgan fingerprint density at radius 1 is 0.284 bits per heavy atom. The van der Waals surface area contributed by atoms with Crippen LogP contribution in [0.3, 0.4) is 0 Å². The molecule has 0 bridgehead atoms. The highest BCUT2D eigenvalue weighted by atomic mass is 16.6. The number of carbonyl (C=O) groups is 3. The van der Waals surface area contributed by atoms with Gasteiger partial charge < -0.3 is 14.2 Å². The minimum absolute atomic E-state index is 0.104. The Hall–Kier alpha value is -3.41. The minimum Gasteiger partial charge on any atom is -0.462 e. The van der Waals surface area contributed by atoms with Crippen LogP contribution in [0.15, 0.2) is 85.1 Å². The molecule has 1 unspecified atom stereocenters. The maximum absolute atomic E-state index is 12.9. The summed E-state index contributed by atoms with van der Waals surface area (Å²) in [7, 11) is 0. The molecule has 0 radical (unpaired) electrons. The maximum Gasteiger partial charge on any atom is 0.306 e. The maximum atomic E-state index is 12.9. The largest absolute Gasteiger partial charge is 0.462 e. The predicted molar refractivity (Wildman–Crippen MR) is 321 cm³/mol. The van der Waals surface area contributed by atoms with Crippen molar-refractivity contribution in [1.82, 2.24) is 0 Å². The van der Waals surface area contributed by atoms with E-state index >= 15 is 0 Å². The lowest BCUT2D eigenvalue weighted by molar-refractivity contribution is -0.166. The van der Waals surface area contributed by atoms with Gasteiger partial charge in [0.2, 0.25) is 0 Å². The highest BCUT2D eigenvalue weighted by Crippen LogP contribution is 2.16. The van der Waals surface area contributed by atoms with E-state index in [1.165, 1.54) is 186 Å². The number of esters is 3. The molecule has 0 saturated carbocycles. The lowest BCUT2D eigenvalue weighted by atomic mass is 10.0. The van der Waals surface area contributed by atoms with Crippen LogP contribution in [-0.2, 0) is 28.6 Å². The second kappa shape index (κ2) is 62.1. The zero-order valence-electron chi connectivity index (χ0n) is 48.8. The summed E-state index contributed by atoms with van der Waals surface area (Å²) in [6.45, 7) is 6.50. The SMILES string of the molecule is CC/C=C\C/C=C\C/C=C\C/C=C\C/C=C\C/C=C\CCC(=O)OC(COC(=O)CCCCCCCCCCC/C=C\CCCCCCCCCC)COC(=O)CCCCCCCCCCCCCCCCCC. The molecule has 0 aromatic rings. The number of allylic oxidation sites excluding steroid dienone is 14. The van der Waals surface area contributed by atoms with E-state index in [-0.39, 0.29) is 37.5 Å². The van der Waals surface area contributed by atoms with E-state index in [9.17, 15) is 14.4 Å². The molecule has 0 fully saturated rings. The van der Waals surface area contributed by atoms with Crippen LogP contribution in [0.1, 0.15) is 310 Å². The molecule has 0 N–H and O–H groups in total. The number of hydrogen-bond acceptors (Lipinski definition) is 6. The molecule has 74 heavy (non-hydrogen) atoms. The molecule has 0 aliphatic carbocycles. The van der Waals surface area contributed by atoms with Crippen LogP contribution in [0, 0.1) is 0 Å². The third-order valence-corrected chi connectivity index (χ3v) is 13.6. The van der Waals surface area contributed by atoms with Crippen molar-refractivity contribution >= 4 is 17.9 Å². The first-order chi connectivity index (χ1) is 36.5. The summed E-state index contributed by atoms with van der Waals surface area (Å²) < 4.78 is 16.9. The van der Waals surface area contributed by atoms with Crippen molar-refractivity contribution in [1.29, 1.82) is 0 Å². The van der Waals surface area contributed by atoms with Crippen LogP contribution < -0.4 is 0 Å². The van der Waals surface area contributed by atoms with Crippen LogP contribution in [-0.4, -0.2) is 37.2 Å². The lowest BCUT2D eigenvalue weighted by Crippen LogP contribution is -2.30. The van der Waals surface area contributed by atoms with E-state index in [1.807, 2.05) is 6.08 Å². The van der Waals surface area contributed by atoms with Gasteiger partial charge in [0.1, 0.15) is 13.2 Å². The van der Waals surface area contributed by atoms with Gasteiger partial charge in [-0.2, -0.15) is 0 Å². The molecule has 6 nitrogen and oxygen atoms in total. The first-order valence-corrected chi connectivity index (χ1v) is 31.6. The molecule has 0 amide bonds. The molecule has 0 spiro atoms. The minimum atomic E-state index is -0.817. The lowest BCUT2D eigenvalue weighted by Gasteiger charge is -2.18. The average Bonchev–Trinajstić information content (AvgIpc) is 3.40. The van der Waals surface area contributed by atoms with E-state index in [0.717, 1.165) is 77.0 Å². The molecule has 0 aromatic heterocycles. The van der Waals surface area contributed by atoms with Gasteiger partial charge in [-0.1, -0.05) is 292 Å². The molecule has 0 rings (SSSR count). The van der Waals surface area contributed by atoms with Gasteiger partial charge in [-0.25, -0.2) is 0 Å². The molecule has 1 atom stereocenters. The van der Waals surface area contributed by atoms with E-state index in [2.05, 4.69) is 99.8 Å². The quantitative estimate of drug-likeness (QED) is 0.0261. The Balaban J connectivity index is 4.45. The van der Waals surface area contributed by atoms with Gasteiger partial charge in [-0.15, -0.1) is 0 Å². The number of carbonyl (C=O) groups excluding carboxylic acids is 3. The van der Waals surface area contributed by atoms with Gasteiger partial charge in [0.15, 0.2) is 6.10 Å². The molecule has 0 aliphatic rings. The summed E-state index contributed by atoms with van der Waals surface area (Å²) >= 11 is 0. The van der Waals surface area contributed by atoms with Gasteiger partial charge in [-0.05, 0) is 83.5 Å². The predicted octanol–water partition coefficient (Wildman–Crippen LogP) is 21.5. The number of hydrogen-bond donors (Lipinski definition) is 0. The summed E-state index contributed by atoms with van der Waals surface area (Å²) in [5.41, 5.74) is 0. The zero-order valence-corrected chi connectivity index (χ0v) is 48.8. The summed E-state index contributed by atoms with van der Waals surface area (Å²) in [5, 5.41) is 0. The molecule has 0 aromatic carbocycles. The molecule has 0 heterocycles. The van der Waals surface area contributed by atoms with Crippen LogP contribution >= 0.6 is 0 Å². The first kappa shape index (κ1) is 70.6. The standard InChI is InChI=1S/C68H118O6/c1-4-7-10-13-16-19-22-25-28-31-33-34-36-37-40-43-46-49-52-55-58-61-67(70)73-64-65(63-72-66(69)60-57-54-51-48-45-42-39-30-27-24-21-18-15-12-9-6-3)74-68(71)62-59-56-53-50-47-44-41-38-35-32-29-26-23-20-17-14-11-8-5-2/h8,11,17,20,26,29,31,33,35,38,44,47,53,56,65H,4-7,9-10,12-16,18-19,21-25,27-28,30,32,34,36-37,39-43,45-46,48-52,54-55,57-64H2,1-3H3/b11-8-,20-17-,29-26-,33-31-,38-35-,47-44-,56-53-. The van der Waals surface area contributed by atoms with E-state index in [1.54, 1.807) is 0 Å². The monoisotopic (exact) mass is 1030 g/mol. The van der Waals surface area contributed by atoms with Crippen molar-refractivity contribution in [3.63, 3.8) is 0 Å². The Morgan fingerprint density at radius 3 is 0.878 bits per heavy atom. The number of rotatable bonds is 57. The van der Waals surface area contributed by atoms with Crippen molar-refractivity contribution in [2.24, 2.45) is 0 Å². The van der Waals surface area contributed by atoms with Crippen molar-refractivity contribution in [2.75, 3.05) is 13.2 Å². The Labute approximate surface area is 458 Å². The topological polar surface area (TPSA) is 78.9 Å². The van der Waals surface area contributed by atoms with Crippen LogP contribution in [0.4, 0.5) is 0 Å². The molecular weight excluding hydrogens is 913 g/mol. The summed E-state index contributed by atoms with van der Waals surface area (Å²) in [4.78, 5) is 38.3.